The fraction of sp³-hybridized carbons (Fsp3) is 0.463. The molecular formula is C41H54. The number of unbranched alkanes of at least 4 members (excludes halogenated alkanes) is 10. The minimum Gasteiger partial charge on any atom is -0.0871 e. The molecule has 0 spiro atoms. The van der Waals surface area contributed by atoms with Crippen LogP contribution in [0.1, 0.15) is 144 Å². The molecule has 0 saturated heterocycles. The lowest BCUT2D eigenvalue weighted by Crippen LogP contribution is -2.25. The molecule has 0 amide bonds. The predicted octanol–water partition coefficient (Wildman–Crippen LogP) is 13.0. The lowest BCUT2D eigenvalue weighted by molar-refractivity contribution is 0.397. The molecule has 0 saturated carbocycles. The molecule has 1 aliphatic carbocycles. The SMILES string of the molecule is C/C=C/c1ccc(/C=C/c2ccc3c(c2)C(CCCCCCCC)(CCCCCCCC)c2cc(C)ccc2-3)cc1. The molecule has 0 aromatic heterocycles. The van der Waals surface area contributed by atoms with Crippen LogP contribution in [0.4, 0.5) is 0 Å². The van der Waals surface area contributed by atoms with Crippen molar-refractivity contribution in [1.82, 2.24) is 0 Å². The topological polar surface area (TPSA) is 0 Å². The van der Waals surface area contributed by atoms with Crippen LogP contribution in [-0.4, -0.2) is 0 Å². The molecule has 0 radical (unpaired) electrons. The first-order valence-corrected chi connectivity index (χ1v) is 16.8. The van der Waals surface area contributed by atoms with Gasteiger partial charge in [0.1, 0.15) is 0 Å². The zero-order valence-electron chi connectivity index (χ0n) is 26.5. The maximum absolute atomic E-state index is 2.55. The van der Waals surface area contributed by atoms with Crippen molar-refractivity contribution >= 4 is 18.2 Å². The zero-order chi connectivity index (χ0) is 28.9. The molecule has 3 aromatic carbocycles. The lowest BCUT2D eigenvalue weighted by Gasteiger charge is -2.33. The van der Waals surface area contributed by atoms with Crippen molar-refractivity contribution in [3.63, 3.8) is 0 Å². The quantitative estimate of drug-likeness (QED) is 0.117. The molecule has 0 nitrogen and oxygen atoms in total. The molecule has 1 aliphatic rings. The summed E-state index contributed by atoms with van der Waals surface area (Å²) in [6.45, 7) is 8.98. The number of allylic oxidation sites excluding steroid dienone is 1. The molecule has 4 rings (SSSR count). The summed E-state index contributed by atoms with van der Waals surface area (Å²) in [5, 5.41) is 0. The largest absolute Gasteiger partial charge is 0.0871 e. The number of aryl methyl sites for hydroxylation is 1. The number of hydrogen-bond donors (Lipinski definition) is 0. The Bertz CT molecular complexity index is 1250. The summed E-state index contributed by atoms with van der Waals surface area (Å²) >= 11 is 0. The van der Waals surface area contributed by atoms with Crippen molar-refractivity contribution in [3.8, 4) is 11.1 Å². The number of fused-ring (bicyclic) bond motifs is 3. The van der Waals surface area contributed by atoms with Gasteiger partial charge in [0.05, 0.1) is 0 Å². The highest BCUT2D eigenvalue weighted by Gasteiger charge is 2.42. The summed E-state index contributed by atoms with van der Waals surface area (Å²) in [5.41, 5.74) is 11.5. The first kappa shape index (κ1) is 31.1. The first-order chi connectivity index (χ1) is 20.1. The molecule has 0 bridgehead atoms. The lowest BCUT2D eigenvalue weighted by atomic mass is 9.70. The highest BCUT2D eigenvalue weighted by Crippen LogP contribution is 2.54. The van der Waals surface area contributed by atoms with E-state index in [1.54, 1.807) is 11.1 Å². The summed E-state index contributed by atoms with van der Waals surface area (Å²) in [5.74, 6) is 0. The van der Waals surface area contributed by atoms with Gasteiger partial charge >= 0.3 is 0 Å². The summed E-state index contributed by atoms with van der Waals surface area (Å²) < 4.78 is 0. The molecule has 41 heavy (non-hydrogen) atoms. The Labute approximate surface area is 252 Å². The van der Waals surface area contributed by atoms with Gasteiger partial charge in [0.15, 0.2) is 0 Å². The van der Waals surface area contributed by atoms with E-state index in [2.05, 4.69) is 113 Å². The van der Waals surface area contributed by atoms with E-state index in [4.69, 9.17) is 0 Å². The van der Waals surface area contributed by atoms with Gasteiger partial charge in [-0.25, -0.2) is 0 Å². The smallest absolute Gasteiger partial charge is 0.0215 e. The molecule has 3 aromatic rings. The Morgan fingerprint density at radius 1 is 0.512 bits per heavy atom. The van der Waals surface area contributed by atoms with Crippen molar-refractivity contribution in [2.24, 2.45) is 0 Å². The second-order valence-electron chi connectivity index (χ2n) is 12.5. The second kappa shape index (κ2) is 16.0. The van der Waals surface area contributed by atoms with E-state index in [0.717, 1.165) is 0 Å². The summed E-state index contributed by atoms with van der Waals surface area (Å²) in [6, 6.07) is 23.4. The molecule has 0 atom stereocenters. The molecule has 0 unspecified atom stereocenters. The monoisotopic (exact) mass is 546 g/mol. The zero-order valence-corrected chi connectivity index (χ0v) is 26.5. The third-order valence-corrected chi connectivity index (χ3v) is 9.22. The van der Waals surface area contributed by atoms with E-state index < -0.39 is 0 Å². The van der Waals surface area contributed by atoms with E-state index >= 15 is 0 Å². The Hall–Kier alpha value is -2.86. The Morgan fingerprint density at radius 3 is 1.56 bits per heavy atom. The predicted molar refractivity (Wildman–Crippen MR) is 183 cm³/mol. The molecular weight excluding hydrogens is 492 g/mol. The van der Waals surface area contributed by atoms with Gasteiger partial charge in [-0.2, -0.15) is 0 Å². The first-order valence-electron chi connectivity index (χ1n) is 16.8. The standard InChI is InChI=1S/C41H54/c1-5-8-10-12-14-16-29-41(30-17-15-13-11-9-6-2)39-31-33(4)19-27-37(39)38-28-26-36(32-40(38)41)25-24-35-22-20-34(18-7-3)21-23-35/h7,18-28,31-32H,5-6,8-17,29-30H2,1-4H3/b18-7+,25-24+. The summed E-state index contributed by atoms with van der Waals surface area (Å²) in [6.07, 6.45) is 27.7. The van der Waals surface area contributed by atoms with Gasteiger partial charge in [-0.3, -0.25) is 0 Å². The van der Waals surface area contributed by atoms with Gasteiger partial charge in [-0.1, -0.05) is 181 Å². The van der Waals surface area contributed by atoms with Crippen molar-refractivity contribution in [2.75, 3.05) is 0 Å². The Kier molecular flexibility index (Phi) is 12.1. The van der Waals surface area contributed by atoms with Crippen molar-refractivity contribution < 1.29 is 0 Å². The highest BCUT2D eigenvalue weighted by molar-refractivity contribution is 5.83. The van der Waals surface area contributed by atoms with Crippen LogP contribution in [0.3, 0.4) is 0 Å². The van der Waals surface area contributed by atoms with Crippen LogP contribution in [-0.2, 0) is 5.41 Å². The van der Waals surface area contributed by atoms with Crippen LogP contribution in [0.15, 0.2) is 66.7 Å². The molecule has 0 heteroatoms. The number of benzene rings is 3. The molecule has 0 N–H and O–H groups in total. The van der Waals surface area contributed by atoms with Crippen LogP contribution >= 0.6 is 0 Å². The van der Waals surface area contributed by atoms with Gasteiger partial charge in [0.25, 0.3) is 0 Å². The van der Waals surface area contributed by atoms with Gasteiger partial charge in [0.2, 0.25) is 0 Å². The third-order valence-electron chi connectivity index (χ3n) is 9.22. The molecule has 0 fully saturated rings. The Balaban J connectivity index is 1.64. The van der Waals surface area contributed by atoms with Crippen molar-refractivity contribution in [1.29, 1.82) is 0 Å². The van der Waals surface area contributed by atoms with E-state index in [9.17, 15) is 0 Å². The minimum atomic E-state index is 0.143. The van der Waals surface area contributed by atoms with Crippen LogP contribution in [0.25, 0.3) is 29.4 Å². The van der Waals surface area contributed by atoms with Crippen molar-refractivity contribution in [3.05, 3.63) is 100 Å². The fourth-order valence-electron chi connectivity index (χ4n) is 6.91. The Morgan fingerprint density at radius 2 is 0.976 bits per heavy atom. The maximum atomic E-state index is 2.55. The molecule has 218 valence electrons. The van der Waals surface area contributed by atoms with Gasteiger partial charge < -0.3 is 0 Å². The van der Waals surface area contributed by atoms with Crippen molar-refractivity contribution in [2.45, 2.75) is 123 Å². The molecule has 0 aliphatic heterocycles. The van der Waals surface area contributed by atoms with Gasteiger partial charge in [-0.05, 0) is 65.6 Å². The number of rotatable bonds is 17. The maximum Gasteiger partial charge on any atom is 0.0215 e. The van der Waals surface area contributed by atoms with Crippen LogP contribution in [0, 0.1) is 6.92 Å². The summed E-state index contributed by atoms with van der Waals surface area (Å²) in [7, 11) is 0. The van der Waals surface area contributed by atoms with Gasteiger partial charge in [0, 0.05) is 5.41 Å². The molecule has 0 heterocycles. The third kappa shape index (κ3) is 8.12. The van der Waals surface area contributed by atoms with E-state index in [-0.39, 0.29) is 5.41 Å². The van der Waals surface area contributed by atoms with E-state index in [1.165, 1.54) is 123 Å². The normalized spacial score (nSPS) is 13.8. The van der Waals surface area contributed by atoms with E-state index in [0.29, 0.717) is 0 Å². The minimum absolute atomic E-state index is 0.143. The summed E-state index contributed by atoms with van der Waals surface area (Å²) in [4.78, 5) is 0. The van der Waals surface area contributed by atoms with Crippen LogP contribution in [0.5, 0.6) is 0 Å². The van der Waals surface area contributed by atoms with Crippen LogP contribution in [0.2, 0.25) is 0 Å². The van der Waals surface area contributed by atoms with E-state index in [1.807, 2.05) is 0 Å². The van der Waals surface area contributed by atoms with Gasteiger partial charge in [-0.15, -0.1) is 0 Å². The fourth-order valence-corrected chi connectivity index (χ4v) is 6.91. The second-order valence-corrected chi connectivity index (χ2v) is 12.5. The highest BCUT2D eigenvalue weighted by atomic mass is 14.4. The average molecular weight is 547 g/mol. The number of hydrogen-bond acceptors (Lipinski definition) is 0. The average Bonchev–Trinajstić information content (AvgIpc) is 3.24. The van der Waals surface area contributed by atoms with Crippen LogP contribution < -0.4 is 0 Å².